The monoisotopic (exact) mass is 818 g/mol. The molecule has 3 aromatic rings. The van der Waals surface area contributed by atoms with Gasteiger partial charge in [-0.15, -0.1) is 0 Å². The number of benzene rings is 3. The first-order valence-corrected chi connectivity index (χ1v) is 23.1. The minimum atomic E-state index is -2.52. The van der Waals surface area contributed by atoms with Crippen molar-refractivity contribution in [3.63, 3.8) is 0 Å². The summed E-state index contributed by atoms with van der Waals surface area (Å²) in [7, 11) is 0.838. The highest BCUT2D eigenvalue weighted by atomic mass is 28.4. The quantitative estimate of drug-likeness (QED) is 0.0831. The summed E-state index contributed by atoms with van der Waals surface area (Å²) in [5, 5.41) is 11.0. The van der Waals surface area contributed by atoms with Gasteiger partial charge in [0.2, 0.25) is 8.32 Å². The highest BCUT2D eigenvalue weighted by Gasteiger charge is 2.53. The number of carbonyl (C=O) groups excluding carboxylic acids is 1. The van der Waals surface area contributed by atoms with Crippen LogP contribution in [-0.2, 0) is 36.5 Å². The van der Waals surface area contributed by atoms with Crippen molar-refractivity contribution >= 4 is 26.0 Å². The predicted molar refractivity (Wildman–Crippen MR) is 230 cm³/mol. The molecule has 318 valence electrons. The highest BCUT2D eigenvalue weighted by molar-refractivity contribution is 6.77. The smallest absolute Gasteiger partial charge is 0.407 e. The molecule has 2 heterocycles. The van der Waals surface area contributed by atoms with E-state index in [1.54, 1.807) is 24.0 Å². The number of likely N-dealkylation sites (tertiary alicyclic amines) is 1. The number of anilines is 1. The average molecular weight is 819 g/mol. The van der Waals surface area contributed by atoms with Gasteiger partial charge in [0.15, 0.2) is 6.61 Å². The van der Waals surface area contributed by atoms with Crippen molar-refractivity contribution in [1.29, 1.82) is 0 Å². The Balaban J connectivity index is 1.59. The Hall–Kier alpha value is -3.94. The number of piperidine rings is 1. The summed E-state index contributed by atoms with van der Waals surface area (Å²) < 4.78 is 37.2. The van der Waals surface area contributed by atoms with Gasteiger partial charge in [0.25, 0.3) is 5.91 Å². The molecule has 0 aromatic heterocycles. The molecule has 0 bridgehead atoms. The fraction of sp³-hybridized carbons (Fsp3) is 0.565. The van der Waals surface area contributed by atoms with Crippen LogP contribution in [0.5, 0.6) is 11.5 Å². The van der Waals surface area contributed by atoms with E-state index in [1.807, 2.05) is 60.7 Å². The molecule has 11 nitrogen and oxygen atoms in total. The Kier molecular flexibility index (Phi) is 16.6. The molecule has 1 unspecified atom stereocenters. The topological polar surface area (TPSA) is 116 Å². The van der Waals surface area contributed by atoms with Crippen LogP contribution in [0.4, 0.5) is 10.5 Å². The van der Waals surface area contributed by atoms with Crippen LogP contribution >= 0.6 is 0 Å². The maximum atomic E-state index is 13.4. The van der Waals surface area contributed by atoms with Gasteiger partial charge in [-0.2, -0.15) is 0 Å². The van der Waals surface area contributed by atoms with Gasteiger partial charge in [-0.3, -0.25) is 9.69 Å². The van der Waals surface area contributed by atoms with Crippen LogP contribution in [0.3, 0.4) is 0 Å². The Morgan fingerprint density at radius 2 is 1.50 bits per heavy atom. The van der Waals surface area contributed by atoms with E-state index < -0.39 is 32.7 Å². The molecule has 0 spiro atoms. The molecule has 0 saturated carbocycles. The molecule has 3 aromatic carbocycles. The average Bonchev–Trinajstić information content (AvgIpc) is 3.20. The largest absolute Gasteiger partial charge is 0.494 e. The number of hydrogen-bond acceptors (Lipinski definition) is 8. The van der Waals surface area contributed by atoms with Gasteiger partial charge in [-0.1, -0.05) is 90.1 Å². The second-order valence-corrected chi connectivity index (χ2v) is 22.0. The van der Waals surface area contributed by atoms with E-state index in [9.17, 15) is 14.7 Å². The Labute approximate surface area is 347 Å². The fourth-order valence-corrected chi connectivity index (χ4v) is 14.8. The zero-order valence-electron chi connectivity index (χ0n) is 35.9. The third-order valence-electron chi connectivity index (χ3n) is 11.9. The Bertz CT molecular complexity index is 1720. The summed E-state index contributed by atoms with van der Waals surface area (Å²) >= 11 is 0. The van der Waals surface area contributed by atoms with E-state index in [1.165, 1.54) is 0 Å². The van der Waals surface area contributed by atoms with E-state index in [-0.39, 0.29) is 48.2 Å². The molecule has 5 rings (SSSR count). The van der Waals surface area contributed by atoms with Gasteiger partial charge >= 0.3 is 6.09 Å². The minimum absolute atomic E-state index is 0.0151. The lowest BCUT2D eigenvalue weighted by atomic mass is 9.78. The maximum absolute atomic E-state index is 13.4. The van der Waals surface area contributed by atoms with Gasteiger partial charge in [0, 0.05) is 39.9 Å². The molecule has 2 aliphatic heterocycles. The van der Waals surface area contributed by atoms with Gasteiger partial charge in [0.1, 0.15) is 11.5 Å². The zero-order chi connectivity index (χ0) is 41.8. The number of nitrogens with zero attached hydrogens (tertiary/aromatic N) is 2. The van der Waals surface area contributed by atoms with Crippen molar-refractivity contribution in [1.82, 2.24) is 4.90 Å². The van der Waals surface area contributed by atoms with Crippen LogP contribution in [0.2, 0.25) is 16.6 Å². The van der Waals surface area contributed by atoms with Crippen molar-refractivity contribution in [2.24, 2.45) is 0 Å². The molecule has 1 fully saturated rings. The van der Waals surface area contributed by atoms with E-state index in [2.05, 4.69) is 53.7 Å². The zero-order valence-corrected chi connectivity index (χ0v) is 36.9. The van der Waals surface area contributed by atoms with Crippen LogP contribution in [0.15, 0.2) is 72.8 Å². The molecule has 12 heteroatoms. The van der Waals surface area contributed by atoms with Crippen molar-refractivity contribution in [2.45, 2.75) is 115 Å². The van der Waals surface area contributed by atoms with Crippen LogP contribution in [-0.4, -0.2) is 102 Å². The Morgan fingerprint density at radius 3 is 2.14 bits per heavy atom. The molecule has 58 heavy (non-hydrogen) atoms. The van der Waals surface area contributed by atoms with Gasteiger partial charge in [0.05, 0.1) is 43.7 Å². The number of amides is 2. The van der Waals surface area contributed by atoms with Crippen molar-refractivity contribution < 1.29 is 42.8 Å². The lowest BCUT2D eigenvalue weighted by molar-refractivity contribution is -0.121. The molecule has 0 aliphatic carbocycles. The van der Waals surface area contributed by atoms with Crippen LogP contribution in [0.25, 0.3) is 0 Å². The Morgan fingerprint density at radius 1 is 0.845 bits per heavy atom. The SMILES string of the molecule is COCCCCOc1ccc([C@H]2[C@H](O[Si](C(C)C)(C(C)C)C(C)C)CN(C(=O)O)C(Cc3ccccc3)[C@@H]2OCc2ccc3c(c2)N(CCCOC)C(=O)CO3)cc1. The molecular weight excluding hydrogens is 753 g/mol. The van der Waals surface area contributed by atoms with Crippen molar-refractivity contribution in [3.05, 3.63) is 89.5 Å². The van der Waals surface area contributed by atoms with Crippen LogP contribution in [0.1, 0.15) is 83.4 Å². The van der Waals surface area contributed by atoms with Gasteiger partial charge in [-0.25, -0.2) is 4.79 Å². The van der Waals surface area contributed by atoms with E-state index in [0.717, 1.165) is 35.3 Å². The van der Waals surface area contributed by atoms with E-state index >= 15 is 0 Å². The number of methoxy groups -OCH3 is 2. The number of hydrogen-bond donors (Lipinski definition) is 1. The number of ether oxygens (including phenoxy) is 5. The predicted octanol–water partition coefficient (Wildman–Crippen LogP) is 9.09. The summed E-state index contributed by atoms with van der Waals surface area (Å²) in [5.74, 6) is 0.999. The van der Waals surface area contributed by atoms with Crippen LogP contribution < -0.4 is 14.4 Å². The normalized spacial score (nSPS) is 19.8. The number of rotatable bonds is 21. The lowest BCUT2D eigenvalue weighted by Crippen LogP contribution is -2.64. The number of carboxylic acid groups (broad SMARTS) is 1. The summed E-state index contributed by atoms with van der Waals surface area (Å²) in [4.78, 5) is 29.8. The lowest BCUT2D eigenvalue weighted by Gasteiger charge is -2.53. The van der Waals surface area contributed by atoms with E-state index in [0.29, 0.717) is 50.6 Å². The molecule has 2 amide bonds. The molecule has 4 atom stereocenters. The number of unbranched alkanes of at least 4 members (excludes halogenated alkanes) is 1. The summed E-state index contributed by atoms with van der Waals surface area (Å²) in [5.41, 5.74) is 4.44. The first-order valence-electron chi connectivity index (χ1n) is 21.0. The molecule has 0 radical (unpaired) electrons. The third kappa shape index (κ3) is 10.8. The number of fused-ring (bicyclic) bond motifs is 1. The van der Waals surface area contributed by atoms with Crippen molar-refractivity contribution in [3.8, 4) is 11.5 Å². The molecular formula is C46H66N2O9Si. The standard InChI is InChI=1S/C46H66N2O9Si/c1-32(2)58(33(3)4,34(5)6)57-42-29-48(46(50)51)40(27-35-15-10-9-11-16-35)45(44(42)37-18-20-38(21-19-37)54-26-13-12-24-52-7)56-30-36-17-22-41-39(28-36)47(23-14-25-53-8)43(49)31-55-41/h9-11,15-22,28,32-34,40,42,44-45H,12-14,23-27,29-31H2,1-8H3,(H,50,51)/t40?,42-,44+,45+/m1/s1. The third-order valence-corrected chi connectivity index (χ3v) is 18.0. The van der Waals surface area contributed by atoms with Gasteiger partial charge < -0.3 is 38.1 Å². The first-order chi connectivity index (χ1) is 27.9. The molecule has 1 saturated heterocycles. The summed E-state index contributed by atoms with van der Waals surface area (Å²) in [6.07, 6.45) is 0.886. The fourth-order valence-electron chi connectivity index (χ4n) is 9.24. The van der Waals surface area contributed by atoms with Gasteiger partial charge in [-0.05, 0) is 83.3 Å². The molecule has 1 N–H and O–H groups in total. The highest BCUT2D eigenvalue weighted by Crippen LogP contribution is 2.47. The van der Waals surface area contributed by atoms with Crippen LogP contribution in [0, 0.1) is 0 Å². The first kappa shape index (κ1) is 45.1. The second kappa shape index (κ2) is 21.4. The molecule has 2 aliphatic rings. The van der Waals surface area contributed by atoms with Crippen molar-refractivity contribution in [2.75, 3.05) is 58.6 Å². The minimum Gasteiger partial charge on any atom is -0.494 e. The summed E-state index contributed by atoms with van der Waals surface area (Å²) in [6.45, 7) is 16.2. The number of carbonyl (C=O) groups is 2. The summed E-state index contributed by atoms with van der Waals surface area (Å²) in [6, 6.07) is 23.5. The maximum Gasteiger partial charge on any atom is 0.407 e. The van der Waals surface area contributed by atoms with E-state index in [4.69, 9.17) is 28.1 Å². The second-order valence-electron chi connectivity index (χ2n) is 16.6.